The van der Waals surface area contributed by atoms with Crippen molar-refractivity contribution in [3.05, 3.63) is 96.1 Å². The Kier molecular flexibility index (Phi) is 5.81. The van der Waals surface area contributed by atoms with Crippen molar-refractivity contribution in [3.63, 3.8) is 0 Å². The number of alkyl halides is 3. The molecule has 2 nitrogen and oxygen atoms in total. The Morgan fingerprint density at radius 3 is 2.11 bits per heavy atom. The zero-order valence-electron chi connectivity index (χ0n) is 14.3. The Labute approximate surface area is 155 Å². The molecule has 0 spiro atoms. The van der Waals surface area contributed by atoms with Crippen molar-refractivity contribution < 1.29 is 22.6 Å². The number of ether oxygens (including phenoxy) is 2. The van der Waals surface area contributed by atoms with Crippen LogP contribution in [-0.2, 0) is 6.18 Å². The van der Waals surface area contributed by atoms with Gasteiger partial charge in [-0.15, -0.1) is 0 Å². The molecule has 5 heteroatoms. The molecule has 3 rings (SSSR count). The molecule has 3 aromatic carbocycles. The standard InChI is InChI=1S/C22H17F3O2/c23-22(24,25)18-13-11-17(12-14-18)6-5-15-26-20-9-4-10-21(16-20)27-19-7-2-1-3-8-19/h1-14,16H,15H2/b6-5+. The Hall–Kier alpha value is -3.21. The highest BCUT2D eigenvalue weighted by Crippen LogP contribution is 2.29. The highest BCUT2D eigenvalue weighted by molar-refractivity contribution is 5.50. The number of benzene rings is 3. The van der Waals surface area contributed by atoms with Crippen LogP contribution in [0.4, 0.5) is 13.2 Å². The van der Waals surface area contributed by atoms with E-state index in [0.717, 1.165) is 17.9 Å². The van der Waals surface area contributed by atoms with Crippen LogP contribution in [0.2, 0.25) is 0 Å². The summed E-state index contributed by atoms with van der Waals surface area (Å²) in [5, 5.41) is 0. The predicted molar refractivity (Wildman–Crippen MR) is 98.9 cm³/mol. The fourth-order valence-corrected chi connectivity index (χ4v) is 2.36. The van der Waals surface area contributed by atoms with Gasteiger partial charge in [0.1, 0.15) is 23.9 Å². The molecule has 0 saturated heterocycles. The zero-order chi connectivity index (χ0) is 19.1. The van der Waals surface area contributed by atoms with Gasteiger partial charge in [-0.1, -0.05) is 42.5 Å². The lowest BCUT2D eigenvalue weighted by Crippen LogP contribution is -2.03. The van der Waals surface area contributed by atoms with E-state index in [4.69, 9.17) is 9.47 Å². The lowest BCUT2D eigenvalue weighted by molar-refractivity contribution is -0.137. The van der Waals surface area contributed by atoms with Gasteiger partial charge in [0.25, 0.3) is 0 Å². The van der Waals surface area contributed by atoms with Crippen molar-refractivity contribution in [2.75, 3.05) is 6.61 Å². The van der Waals surface area contributed by atoms with Gasteiger partial charge in [-0.3, -0.25) is 0 Å². The van der Waals surface area contributed by atoms with Crippen LogP contribution < -0.4 is 9.47 Å². The monoisotopic (exact) mass is 370 g/mol. The van der Waals surface area contributed by atoms with E-state index in [2.05, 4.69) is 0 Å². The molecule has 0 unspecified atom stereocenters. The van der Waals surface area contributed by atoms with E-state index < -0.39 is 11.7 Å². The van der Waals surface area contributed by atoms with Crippen molar-refractivity contribution in [1.82, 2.24) is 0 Å². The third-order valence-electron chi connectivity index (χ3n) is 3.68. The van der Waals surface area contributed by atoms with Crippen LogP contribution >= 0.6 is 0 Å². The fraction of sp³-hybridized carbons (Fsp3) is 0.0909. The maximum absolute atomic E-state index is 12.5. The smallest absolute Gasteiger partial charge is 0.416 e. The highest BCUT2D eigenvalue weighted by Gasteiger charge is 2.29. The number of para-hydroxylation sites is 1. The third-order valence-corrected chi connectivity index (χ3v) is 3.68. The molecule has 0 N–H and O–H groups in total. The molecule has 0 aliphatic carbocycles. The molecule has 0 atom stereocenters. The minimum Gasteiger partial charge on any atom is -0.489 e. The summed E-state index contributed by atoms with van der Waals surface area (Å²) in [5.41, 5.74) is 0.0129. The summed E-state index contributed by atoms with van der Waals surface area (Å²) in [7, 11) is 0. The molecule has 138 valence electrons. The third kappa shape index (κ3) is 5.64. The number of rotatable bonds is 6. The Balaban J connectivity index is 1.54. The van der Waals surface area contributed by atoms with Crippen LogP contribution in [-0.4, -0.2) is 6.61 Å². The summed E-state index contributed by atoms with van der Waals surface area (Å²) < 4.78 is 49.0. The van der Waals surface area contributed by atoms with Crippen molar-refractivity contribution in [2.45, 2.75) is 6.18 Å². The van der Waals surface area contributed by atoms with E-state index in [1.807, 2.05) is 48.5 Å². The van der Waals surface area contributed by atoms with Crippen molar-refractivity contribution in [1.29, 1.82) is 0 Å². The molecule has 0 bridgehead atoms. The molecule has 0 heterocycles. The van der Waals surface area contributed by atoms with Crippen LogP contribution in [0, 0.1) is 0 Å². The second-order valence-electron chi connectivity index (χ2n) is 5.72. The van der Waals surface area contributed by atoms with Gasteiger partial charge in [0, 0.05) is 6.07 Å². The molecule has 0 aliphatic heterocycles. The minimum atomic E-state index is -4.32. The lowest BCUT2D eigenvalue weighted by atomic mass is 10.1. The summed E-state index contributed by atoms with van der Waals surface area (Å²) in [5.74, 6) is 2.03. The molecule has 3 aromatic rings. The van der Waals surface area contributed by atoms with Crippen molar-refractivity contribution >= 4 is 6.08 Å². The van der Waals surface area contributed by atoms with E-state index in [-0.39, 0.29) is 6.61 Å². The van der Waals surface area contributed by atoms with Gasteiger partial charge < -0.3 is 9.47 Å². The van der Waals surface area contributed by atoms with E-state index in [1.165, 1.54) is 12.1 Å². The highest BCUT2D eigenvalue weighted by atomic mass is 19.4. The van der Waals surface area contributed by atoms with Gasteiger partial charge >= 0.3 is 6.18 Å². The van der Waals surface area contributed by atoms with Gasteiger partial charge in [-0.25, -0.2) is 0 Å². The number of hydrogen-bond donors (Lipinski definition) is 0. The molecule has 0 fully saturated rings. The van der Waals surface area contributed by atoms with E-state index >= 15 is 0 Å². The maximum atomic E-state index is 12.5. The molecule has 0 saturated carbocycles. The first-order valence-corrected chi connectivity index (χ1v) is 8.30. The van der Waals surface area contributed by atoms with Gasteiger partial charge in [-0.05, 0) is 48.0 Å². The first kappa shape index (κ1) is 18.6. The molecular formula is C22H17F3O2. The summed E-state index contributed by atoms with van der Waals surface area (Å²) in [6.45, 7) is 0.288. The lowest BCUT2D eigenvalue weighted by Gasteiger charge is -2.08. The molecule has 0 amide bonds. The van der Waals surface area contributed by atoms with E-state index in [0.29, 0.717) is 17.1 Å². The van der Waals surface area contributed by atoms with Gasteiger partial charge in [0.15, 0.2) is 0 Å². The summed E-state index contributed by atoms with van der Waals surface area (Å²) >= 11 is 0. The normalized spacial score (nSPS) is 11.5. The largest absolute Gasteiger partial charge is 0.489 e. The number of hydrogen-bond acceptors (Lipinski definition) is 2. The van der Waals surface area contributed by atoms with E-state index in [9.17, 15) is 13.2 Å². The number of halogens is 3. The summed E-state index contributed by atoms with van der Waals surface area (Å²) in [6, 6.07) is 21.6. The average molecular weight is 370 g/mol. The van der Waals surface area contributed by atoms with E-state index in [1.54, 1.807) is 18.2 Å². The first-order valence-electron chi connectivity index (χ1n) is 8.30. The van der Waals surface area contributed by atoms with Gasteiger partial charge in [0.2, 0.25) is 0 Å². The van der Waals surface area contributed by atoms with Crippen LogP contribution in [0.1, 0.15) is 11.1 Å². The van der Waals surface area contributed by atoms with Crippen LogP contribution in [0.5, 0.6) is 17.2 Å². The van der Waals surface area contributed by atoms with Gasteiger partial charge in [0.05, 0.1) is 5.56 Å². The Morgan fingerprint density at radius 1 is 0.741 bits per heavy atom. The SMILES string of the molecule is FC(F)(F)c1ccc(/C=C/COc2cccc(Oc3ccccc3)c2)cc1. The molecule has 0 aliphatic rings. The Morgan fingerprint density at radius 2 is 1.41 bits per heavy atom. The quantitative estimate of drug-likeness (QED) is 0.487. The summed E-state index contributed by atoms with van der Waals surface area (Å²) in [6.07, 6.45) is -0.865. The molecular weight excluding hydrogens is 353 g/mol. The topological polar surface area (TPSA) is 18.5 Å². The minimum absolute atomic E-state index is 0.288. The van der Waals surface area contributed by atoms with Crippen LogP contribution in [0.25, 0.3) is 6.08 Å². The van der Waals surface area contributed by atoms with Crippen molar-refractivity contribution in [3.8, 4) is 17.2 Å². The molecule has 0 radical (unpaired) electrons. The van der Waals surface area contributed by atoms with Crippen molar-refractivity contribution in [2.24, 2.45) is 0 Å². The fourth-order valence-electron chi connectivity index (χ4n) is 2.36. The van der Waals surface area contributed by atoms with Crippen LogP contribution in [0.15, 0.2) is 84.9 Å². The zero-order valence-corrected chi connectivity index (χ0v) is 14.3. The first-order chi connectivity index (χ1) is 13.0. The van der Waals surface area contributed by atoms with Gasteiger partial charge in [-0.2, -0.15) is 13.2 Å². The average Bonchev–Trinajstić information content (AvgIpc) is 2.66. The summed E-state index contributed by atoms with van der Waals surface area (Å²) in [4.78, 5) is 0. The Bertz CT molecular complexity index is 885. The second kappa shape index (κ2) is 8.45. The van der Waals surface area contributed by atoms with Crippen LogP contribution in [0.3, 0.4) is 0 Å². The molecule has 0 aromatic heterocycles. The predicted octanol–water partition coefficient (Wildman–Crippen LogP) is 6.59. The second-order valence-corrected chi connectivity index (χ2v) is 5.72. The maximum Gasteiger partial charge on any atom is 0.416 e. The molecule has 27 heavy (non-hydrogen) atoms.